The molecule has 3 rings (SSSR count). The second kappa shape index (κ2) is 9.41. The number of amides is 1. The van der Waals surface area contributed by atoms with E-state index in [-0.39, 0.29) is 5.91 Å². The maximum Gasteiger partial charge on any atom is 0.252 e. The number of hydrogen-bond acceptors (Lipinski definition) is 6. The summed E-state index contributed by atoms with van der Waals surface area (Å²) in [5, 5.41) is 6.69. The van der Waals surface area contributed by atoms with Crippen LogP contribution in [0.25, 0.3) is 0 Å². The molecule has 7 heteroatoms. The van der Waals surface area contributed by atoms with Crippen molar-refractivity contribution in [2.75, 3.05) is 13.2 Å². The Morgan fingerprint density at radius 1 is 1.14 bits per heavy atom. The van der Waals surface area contributed by atoms with Crippen molar-refractivity contribution in [2.45, 2.75) is 31.4 Å². The Hall–Kier alpha value is -2.80. The highest BCUT2D eigenvalue weighted by atomic mass is 32.2. The van der Waals surface area contributed by atoms with Gasteiger partial charge < -0.3 is 14.6 Å². The van der Waals surface area contributed by atoms with E-state index in [0.29, 0.717) is 36.2 Å². The average molecular weight is 398 g/mol. The number of benzene rings is 2. The largest absolute Gasteiger partial charge is 0.492 e. The summed E-state index contributed by atoms with van der Waals surface area (Å²) in [5.74, 6) is 2.34. The average Bonchev–Trinajstić information content (AvgIpc) is 3.08. The van der Waals surface area contributed by atoms with E-state index in [2.05, 4.69) is 21.5 Å². The van der Waals surface area contributed by atoms with Gasteiger partial charge >= 0.3 is 0 Å². The molecule has 0 unspecified atom stereocenters. The van der Waals surface area contributed by atoms with Crippen LogP contribution in [0.5, 0.6) is 5.75 Å². The fourth-order valence-corrected chi connectivity index (χ4v) is 3.65. The lowest BCUT2D eigenvalue weighted by Crippen LogP contribution is -2.28. The van der Waals surface area contributed by atoms with E-state index < -0.39 is 0 Å². The van der Waals surface area contributed by atoms with Crippen molar-refractivity contribution in [3.63, 3.8) is 0 Å². The minimum absolute atomic E-state index is 0.131. The lowest BCUT2D eigenvalue weighted by atomic mass is 10.1. The van der Waals surface area contributed by atoms with Gasteiger partial charge in [-0.05, 0) is 56.2 Å². The maximum absolute atomic E-state index is 12.6. The number of aromatic nitrogens is 2. The van der Waals surface area contributed by atoms with Crippen LogP contribution in [0.3, 0.4) is 0 Å². The van der Waals surface area contributed by atoms with Crippen molar-refractivity contribution in [3.05, 3.63) is 70.9 Å². The zero-order valence-corrected chi connectivity index (χ0v) is 17.0. The van der Waals surface area contributed by atoms with E-state index in [1.54, 1.807) is 6.92 Å². The SMILES string of the molecule is Cc1cc(C)cc(OCCNC(=O)c2ccccc2SCc2nc(C)no2)c1. The van der Waals surface area contributed by atoms with Gasteiger partial charge in [-0.25, -0.2) is 0 Å². The predicted molar refractivity (Wildman–Crippen MR) is 109 cm³/mol. The first-order chi connectivity index (χ1) is 13.5. The molecule has 1 amide bonds. The van der Waals surface area contributed by atoms with Crippen LogP contribution >= 0.6 is 11.8 Å². The lowest BCUT2D eigenvalue weighted by Gasteiger charge is -2.11. The molecule has 2 aromatic carbocycles. The van der Waals surface area contributed by atoms with Gasteiger partial charge in [-0.3, -0.25) is 4.79 Å². The third-order valence-corrected chi connectivity index (χ3v) is 4.96. The number of hydrogen-bond donors (Lipinski definition) is 1. The summed E-state index contributed by atoms with van der Waals surface area (Å²) in [6, 6.07) is 13.5. The Balaban J connectivity index is 1.52. The van der Waals surface area contributed by atoms with Gasteiger partial charge in [0.15, 0.2) is 5.82 Å². The van der Waals surface area contributed by atoms with Gasteiger partial charge in [0, 0.05) is 4.90 Å². The first kappa shape index (κ1) is 19.9. The van der Waals surface area contributed by atoms with Gasteiger partial charge in [0.1, 0.15) is 12.4 Å². The quantitative estimate of drug-likeness (QED) is 0.456. The number of nitrogens with zero attached hydrogens (tertiary/aromatic N) is 2. The van der Waals surface area contributed by atoms with Crippen LogP contribution < -0.4 is 10.1 Å². The number of carbonyl (C=O) groups is 1. The summed E-state index contributed by atoms with van der Waals surface area (Å²) in [7, 11) is 0. The normalized spacial score (nSPS) is 10.7. The van der Waals surface area contributed by atoms with E-state index in [9.17, 15) is 4.79 Å². The van der Waals surface area contributed by atoms with Crippen molar-refractivity contribution in [1.29, 1.82) is 0 Å². The summed E-state index contributed by atoms with van der Waals surface area (Å²) < 4.78 is 10.9. The highest BCUT2D eigenvalue weighted by molar-refractivity contribution is 7.98. The highest BCUT2D eigenvalue weighted by Gasteiger charge is 2.12. The van der Waals surface area contributed by atoms with Gasteiger partial charge in [0.2, 0.25) is 5.89 Å². The first-order valence-electron chi connectivity index (χ1n) is 9.01. The third-order valence-electron chi connectivity index (χ3n) is 3.90. The molecule has 0 saturated carbocycles. The van der Waals surface area contributed by atoms with Crippen LogP contribution in [0.4, 0.5) is 0 Å². The molecule has 0 atom stereocenters. The molecule has 0 saturated heterocycles. The predicted octanol–water partition coefficient (Wildman–Crippen LogP) is 4.10. The van der Waals surface area contributed by atoms with E-state index in [1.807, 2.05) is 50.2 Å². The first-order valence-corrected chi connectivity index (χ1v) is 10.00. The summed E-state index contributed by atoms with van der Waals surface area (Å²) >= 11 is 1.49. The molecule has 0 aliphatic rings. The number of aryl methyl sites for hydroxylation is 3. The van der Waals surface area contributed by atoms with E-state index >= 15 is 0 Å². The number of thioether (sulfide) groups is 1. The van der Waals surface area contributed by atoms with Crippen LogP contribution in [-0.4, -0.2) is 29.2 Å². The van der Waals surface area contributed by atoms with Crippen molar-refractivity contribution in [2.24, 2.45) is 0 Å². The van der Waals surface area contributed by atoms with Gasteiger partial charge in [-0.15, -0.1) is 11.8 Å². The molecule has 0 aliphatic carbocycles. The van der Waals surface area contributed by atoms with Crippen molar-refractivity contribution in [3.8, 4) is 5.75 Å². The van der Waals surface area contributed by atoms with Crippen molar-refractivity contribution < 1.29 is 14.1 Å². The third kappa shape index (κ3) is 5.60. The number of nitrogens with one attached hydrogen (secondary N) is 1. The Morgan fingerprint density at radius 2 is 1.89 bits per heavy atom. The Morgan fingerprint density at radius 3 is 2.61 bits per heavy atom. The fraction of sp³-hybridized carbons (Fsp3) is 0.286. The summed E-state index contributed by atoms with van der Waals surface area (Å²) in [6.45, 7) is 6.68. The van der Waals surface area contributed by atoms with Crippen LogP contribution in [-0.2, 0) is 5.75 Å². The molecule has 1 N–H and O–H groups in total. The molecule has 0 aliphatic heterocycles. The summed E-state index contributed by atoms with van der Waals surface area (Å²) in [6.07, 6.45) is 0. The highest BCUT2D eigenvalue weighted by Crippen LogP contribution is 2.25. The molecule has 0 spiro atoms. The second-order valence-corrected chi connectivity index (χ2v) is 7.47. The molecule has 146 valence electrons. The Labute approximate surface area is 168 Å². The number of ether oxygens (including phenoxy) is 1. The van der Waals surface area contributed by atoms with Crippen LogP contribution in [0.2, 0.25) is 0 Å². The molecule has 0 fully saturated rings. The molecule has 0 radical (unpaired) electrons. The topological polar surface area (TPSA) is 77.2 Å². The van der Waals surface area contributed by atoms with Gasteiger partial charge in [-0.2, -0.15) is 4.98 Å². The summed E-state index contributed by atoms with van der Waals surface area (Å²) in [4.78, 5) is 17.6. The molecule has 6 nitrogen and oxygen atoms in total. The van der Waals surface area contributed by atoms with Gasteiger partial charge in [0.05, 0.1) is 17.9 Å². The van der Waals surface area contributed by atoms with Crippen molar-refractivity contribution >= 4 is 17.7 Å². The minimum atomic E-state index is -0.131. The smallest absolute Gasteiger partial charge is 0.252 e. The maximum atomic E-state index is 12.6. The van der Waals surface area contributed by atoms with E-state index in [0.717, 1.165) is 21.8 Å². The zero-order valence-electron chi connectivity index (χ0n) is 16.2. The monoisotopic (exact) mass is 397 g/mol. The number of carbonyl (C=O) groups excluding carboxylic acids is 1. The van der Waals surface area contributed by atoms with Gasteiger partial charge in [0.25, 0.3) is 5.91 Å². The van der Waals surface area contributed by atoms with Crippen LogP contribution in [0.1, 0.15) is 33.2 Å². The molecule has 3 aromatic rings. The molecular formula is C21H23N3O3S. The molecule has 1 heterocycles. The second-order valence-electron chi connectivity index (χ2n) is 6.45. The van der Waals surface area contributed by atoms with Crippen molar-refractivity contribution in [1.82, 2.24) is 15.5 Å². The Bertz CT molecular complexity index is 935. The fourth-order valence-electron chi connectivity index (χ4n) is 2.76. The van der Waals surface area contributed by atoms with Crippen LogP contribution in [0, 0.1) is 20.8 Å². The van der Waals surface area contributed by atoms with Gasteiger partial charge in [-0.1, -0.05) is 23.4 Å². The molecular weight excluding hydrogens is 374 g/mol. The zero-order chi connectivity index (χ0) is 19.9. The lowest BCUT2D eigenvalue weighted by molar-refractivity contribution is 0.0944. The number of rotatable bonds is 8. The molecule has 1 aromatic heterocycles. The standard InChI is InChI=1S/C21H23N3O3S/c1-14-10-15(2)12-17(11-14)26-9-8-22-21(25)18-6-4-5-7-19(18)28-13-20-23-16(3)24-27-20/h4-7,10-12H,8-9,13H2,1-3H3,(H,22,25). The molecule has 0 bridgehead atoms. The minimum Gasteiger partial charge on any atom is -0.492 e. The Kier molecular flexibility index (Phi) is 6.71. The van der Waals surface area contributed by atoms with Crippen LogP contribution in [0.15, 0.2) is 51.9 Å². The van der Waals surface area contributed by atoms with E-state index in [4.69, 9.17) is 9.26 Å². The molecule has 28 heavy (non-hydrogen) atoms. The van der Waals surface area contributed by atoms with E-state index in [1.165, 1.54) is 11.8 Å². The summed E-state index contributed by atoms with van der Waals surface area (Å²) in [5.41, 5.74) is 2.93.